The number of hydrogen-bond donors (Lipinski definition) is 1. The van der Waals surface area contributed by atoms with Gasteiger partial charge in [-0.2, -0.15) is 5.10 Å². The second-order valence-electron chi connectivity index (χ2n) is 8.54. The molecule has 1 aromatic heterocycles. The summed E-state index contributed by atoms with van der Waals surface area (Å²) in [7, 11) is 0. The van der Waals surface area contributed by atoms with E-state index in [2.05, 4.69) is 18.9 Å². The molecular weight excluding hydrogens is 366 g/mol. The maximum Gasteiger partial charge on any atom is 0.303 e. The maximum absolute atomic E-state index is 12.8. The molecule has 1 aliphatic rings. The van der Waals surface area contributed by atoms with Gasteiger partial charge in [0.05, 0.1) is 11.4 Å². The molecule has 156 valence electrons. The molecule has 29 heavy (non-hydrogen) atoms. The number of carbonyl (C=O) groups is 2. The molecule has 0 aliphatic carbocycles. The molecule has 1 N–H and O–H groups in total. The van der Waals surface area contributed by atoms with Gasteiger partial charge in [0.2, 0.25) is 0 Å². The van der Waals surface area contributed by atoms with Crippen LogP contribution in [0.1, 0.15) is 60.4 Å². The van der Waals surface area contributed by atoms with E-state index >= 15 is 0 Å². The Labute approximate surface area is 172 Å². The van der Waals surface area contributed by atoms with Gasteiger partial charge < -0.3 is 10.0 Å². The molecule has 0 spiro atoms. The minimum atomic E-state index is -0.808. The molecule has 0 bridgehead atoms. The summed E-state index contributed by atoms with van der Waals surface area (Å²) in [4.78, 5) is 25.7. The van der Waals surface area contributed by atoms with Gasteiger partial charge in [-0.05, 0) is 74.8 Å². The first-order valence-electron chi connectivity index (χ1n) is 10.4. The van der Waals surface area contributed by atoms with Crippen molar-refractivity contribution >= 4 is 11.9 Å². The molecule has 2 heterocycles. The highest BCUT2D eigenvalue weighted by molar-refractivity contribution is 5.94. The minimum Gasteiger partial charge on any atom is -0.481 e. The predicted octanol–water partition coefficient (Wildman–Crippen LogP) is 4.01. The number of aromatic nitrogens is 2. The second kappa shape index (κ2) is 8.80. The Hall–Kier alpha value is -2.63. The van der Waals surface area contributed by atoms with Gasteiger partial charge in [0.15, 0.2) is 0 Å². The van der Waals surface area contributed by atoms with Gasteiger partial charge in [-0.15, -0.1) is 0 Å². The van der Waals surface area contributed by atoms with E-state index in [1.807, 2.05) is 47.7 Å². The van der Waals surface area contributed by atoms with E-state index in [1.165, 1.54) is 6.42 Å². The molecule has 1 amide bonds. The fourth-order valence-corrected chi connectivity index (χ4v) is 4.32. The molecule has 1 unspecified atom stereocenters. The van der Waals surface area contributed by atoms with Crippen molar-refractivity contribution in [2.75, 3.05) is 13.1 Å². The SMILES string of the molecule is Cc1nn(-c2ccc(C(=O)N3CCC(CC(C)C)C3)cc2)c(C)c1CCC(=O)O. The van der Waals surface area contributed by atoms with E-state index in [0.29, 0.717) is 23.8 Å². The van der Waals surface area contributed by atoms with Crippen LogP contribution >= 0.6 is 0 Å². The summed E-state index contributed by atoms with van der Waals surface area (Å²) < 4.78 is 1.83. The minimum absolute atomic E-state index is 0.0917. The number of carboxylic acid groups (broad SMARTS) is 1. The molecule has 1 aliphatic heterocycles. The monoisotopic (exact) mass is 397 g/mol. The van der Waals surface area contributed by atoms with Crippen molar-refractivity contribution < 1.29 is 14.7 Å². The van der Waals surface area contributed by atoms with Crippen molar-refractivity contribution in [2.45, 2.75) is 53.4 Å². The van der Waals surface area contributed by atoms with Crippen molar-refractivity contribution in [1.82, 2.24) is 14.7 Å². The Morgan fingerprint density at radius 3 is 2.52 bits per heavy atom. The number of nitrogens with zero attached hydrogens (tertiary/aromatic N) is 3. The molecule has 3 rings (SSSR count). The fourth-order valence-electron chi connectivity index (χ4n) is 4.32. The van der Waals surface area contributed by atoms with E-state index in [-0.39, 0.29) is 12.3 Å². The van der Waals surface area contributed by atoms with Crippen LogP contribution in [0.5, 0.6) is 0 Å². The lowest BCUT2D eigenvalue weighted by molar-refractivity contribution is -0.136. The number of benzene rings is 1. The van der Waals surface area contributed by atoms with Crippen LogP contribution in [0.2, 0.25) is 0 Å². The summed E-state index contributed by atoms with van der Waals surface area (Å²) in [6, 6.07) is 7.55. The lowest BCUT2D eigenvalue weighted by atomic mass is 9.97. The van der Waals surface area contributed by atoms with Crippen LogP contribution in [0.25, 0.3) is 5.69 Å². The first-order chi connectivity index (χ1) is 13.8. The van der Waals surface area contributed by atoms with Crippen molar-refractivity contribution in [3.05, 3.63) is 46.8 Å². The number of likely N-dealkylation sites (tertiary alicyclic amines) is 1. The van der Waals surface area contributed by atoms with Crippen LogP contribution in [0.3, 0.4) is 0 Å². The highest BCUT2D eigenvalue weighted by Crippen LogP contribution is 2.25. The molecule has 1 saturated heterocycles. The number of aliphatic carboxylic acids is 1. The third-order valence-electron chi connectivity index (χ3n) is 5.77. The zero-order valence-corrected chi connectivity index (χ0v) is 17.8. The Morgan fingerprint density at radius 2 is 1.90 bits per heavy atom. The van der Waals surface area contributed by atoms with Crippen LogP contribution in [0, 0.1) is 25.7 Å². The first-order valence-corrected chi connectivity index (χ1v) is 10.4. The number of carbonyl (C=O) groups excluding carboxylic acids is 1. The standard InChI is InChI=1S/C23H31N3O3/c1-15(2)13-18-11-12-25(14-18)23(29)19-5-7-20(8-6-19)26-17(4)21(16(3)24-26)9-10-22(27)28/h5-8,15,18H,9-14H2,1-4H3,(H,27,28). The lowest BCUT2D eigenvalue weighted by Gasteiger charge is -2.17. The Balaban J connectivity index is 1.71. The highest BCUT2D eigenvalue weighted by Gasteiger charge is 2.27. The molecule has 1 aromatic carbocycles. The van der Waals surface area contributed by atoms with E-state index in [9.17, 15) is 9.59 Å². The molecule has 0 saturated carbocycles. The maximum atomic E-state index is 12.8. The molecule has 6 heteroatoms. The van der Waals surface area contributed by atoms with Crippen LogP contribution < -0.4 is 0 Å². The van der Waals surface area contributed by atoms with Crippen molar-refractivity contribution in [2.24, 2.45) is 11.8 Å². The third-order valence-corrected chi connectivity index (χ3v) is 5.77. The first kappa shape index (κ1) is 21.1. The van der Waals surface area contributed by atoms with Crippen LogP contribution in [0.4, 0.5) is 0 Å². The van der Waals surface area contributed by atoms with Gasteiger partial charge in [0.25, 0.3) is 5.91 Å². The van der Waals surface area contributed by atoms with Gasteiger partial charge in [0.1, 0.15) is 0 Å². The fraction of sp³-hybridized carbons (Fsp3) is 0.522. The summed E-state index contributed by atoms with van der Waals surface area (Å²) >= 11 is 0. The van der Waals surface area contributed by atoms with Crippen LogP contribution in [-0.2, 0) is 11.2 Å². The van der Waals surface area contributed by atoms with E-state index in [0.717, 1.165) is 42.1 Å². The summed E-state index contributed by atoms with van der Waals surface area (Å²) in [5.74, 6) is 0.558. The molecule has 1 fully saturated rings. The zero-order valence-electron chi connectivity index (χ0n) is 17.8. The molecule has 6 nitrogen and oxygen atoms in total. The van der Waals surface area contributed by atoms with Gasteiger partial charge in [-0.1, -0.05) is 13.8 Å². The van der Waals surface area contributed by atoms with E-state index in [1.54, 1.807) is 0 Å². The number of amides is 1. The van der Waals surface area contributed by atoms with Gasteiger partial charge in [-0.25, -0.2) is 4.68 Å². The number of carboxylic acids is 1. The van der Waals surface area contributed by atoms with E-state index in [4.69, 9.17) is 5.11 Å². The molecule has 1 atom stereocenters. The lowest BCUT2D eigenvalue weighted by Crippen LogP contribution is -2.28. The van der Waals surface area contributed by atoms with Crippen molar-refractivity contribution in [1.29, 1.82) is 0 Å². The van der Waals surface area contributed by atoms with Gasteiger partial charge >= 0.3 is 5.97 Å². The smallest absolute Gasteiger partial charge is 0.303 e. The van der Waals surface area contributed by atoms with Gasteiger partial charge in [0, 0.05) is 30.8 Å². The van der Waals surface area contributed by atoms with Gasteiger partial charge in [-0.3, -0.25) is 9.59 Å². The Morgan fingerprint density at radius 1 is 1.21 bits per heavy atom. The molecule has 0 radical (unpaired) electrons. The number of rotatable bonds is 7. The zero-order chi connectivity index (χ0) is 21.1. The van der Waals surface area contributed by atoms with Crippen molar-refractivity contribution in [3.8, 4) is 5.69 Å². The Kier molecular flexibility index (Phi) is 6.40. The Bertz CT molecular complexity index is 884. The normalized spacial score (nSPS) is 16.6. The quantitative estimate of drug-likeness (QED) is 0.766. The van der Waals surface area contributed by atoms with E-state index < -0.39 is 5.97 Å². The van der Waals surface area contributed by atoms with Crippen molar-refractivity contribution in [3.63, 3.8) is 0 Å². The predicted molar refractivity (Wildman–Crippen MR) is 112 cm³/mol. The average molecular weight is 398 g/mol. The summed E-state index contributed by atoms with van der Waals surface area (Å²) in [6.45, 7) is 10.0. The molecular formula is C23H31N3O3. The topological polar surface area (TPSA) is 75.4 Å². The average Bonchev–Trinajstić information content (AvgIpc) is 3.23. The summed E-state index contributed by atoms with van der Waals surface area (Å²) in [5.41, 5.74) is 4.34. The largest absolute Gasteiger partial charge is 0.481 e. The molecule has 2 aromatic rings. The van der Waals surface area contributed by atoms with Crippen LogP contribution in [0.15, 0.2) is 24.3 Å². The summed E-state index contributed by atoms with van der Waals surface area (Å²) in [6.07, 6.45) is 2.82. The second-order valence-corrected chi connectivity index (χ2v) is 8.54. The number of aryl methyl sites for hydroxylation is 1. The summed E-state index contributed by atoms with van der Waals surface area (Å²) in [5, 5.41) is 13.5. The highest BCUT2D eigenvalue weighted by atomic mass is 16.4. The third kappa shape index (κ3) is 4.86. The number of hydrogen-bond acceptors (Lipinski definition) is 3. The van der Waals surface area contributed by atoms with Crippen LogP contribution in [-0.4, -0.2) is 44.8 Å².